The van der Waals surface area contributed by atoms with Crippen molar-refractivity contribution in [2.45, 2.75) is 16.4 Å². The highest BCUT2D eigenvalue weighted by Crippen LogP contribution is 2.36. The molecule has 1 aromatic heterocycles. The number of sulfone groups is 1. The Bertz CT molecular complexity index is 936. The average Bonchev–Trinajstić information content (AvgIpc) is 3.17. The summed E-state index contributed by atoms with van der Waals surface area (Å²) < 4.78 is 62.7. The first-order valence-electron chi connectivity index (χ1n) is 7.71. The van der Waals surface area contributed by atoms with Gasteiger partial charge in [-0.15, -0.1) is 11.3 Å². The number of rotatable bonds is 9. The third-order valence-corrected chi connectivity index (χ3v) is 8.70. The van der Waals surface area contributed by atoms with Crippen LogP contribution in [0, 0.1) is 0 Å². The molecule has 0 radical (unpaired) electrons. The lowest BCUT2D eigenvalue weighted by Gasteiger charge is -2.19. The molecule has 26 heavy (non-hydrogen) atoms. The Balaban J connectivity index is 2.50. The second kappa shape index (κ2) is 8.38. The molecule has 0 aliphatic heterocycles. The fraction of sp³-hybridized carbons (Fsp3) is 0.375. The van der Waals surface area contributed by atoms with E-state index in [9.17, 15) is 16.8 Å². The van der Waals surface area contributed by atoms with E-state index in [0.29, 0.717) is 17.1 Å². The van der Waals surface area contributed by atoms with Gasteiger partial charge in [-0.1, -0.05) is 12.1 Å². The van der Waals surface area contributed by atoms with E-state index >= 15 is 0 Å². The van der Waals surface area contributed by atoms with Gasteiger partial charge in [-0.2, -0.15) is 0 Å². The average molecular weight is 420 g/mol. The Morgan fingerprint density at radius 2 is 1.77 bits per heavy atom. The highest BCUT2D eigenvalue weighted by atomic mass is 32.2. The van der Waals surface area contributed by atoms with E-state index in [0.717, 1.165) is 11.3 Å². The van der Waals surface area contributed by atoms with Gasteiger partial charge in [-0.25, -0.2) is 21.6 Å². The summed E-state index contributed by atoms with van der Waals surface area (Å²) in [5.41, 5.74) is 0.412. The largest absolute Gasteiger partial charge is 0.493 e. The predicted octanol–water partition coefficient (Wildman–Crippen LogP) is 2.22. The Morgan fingerprint density at radius 3 is 2.31 bits per heavy atom. The molecule has 0 unspecified atom stereocenters. The molecular weight excluding hydrogens is 398 g/mol. The first-order chi connectivity index (χ1) is 12.2. The zero-order valence-electron chi connectivity index (χ0n) is 14.6. The summed E-state index contributed by atoms with van der Waals surface area (Å²) in [7, 11) is -4.41. The lowest BCUT2D eigenvalue weighted by Crippen LogP contribution is -2.32. The summed E-state index contributed by atoms with van der Waals surface area (Å²) in [5.74, 6) is 0.692. The molecule has 10 heteroatoms. The van der Waals surface area contributed by atoms with E-state index in [2.05, 4.69) is 4.72 Å². The first-order valence-corrected chi connectivity index (χ1v) is 11.8. The van der Waals surface area contributed by atoms with Gasteiger partial charge in [0, 0.05) is 6.54 Å². The minimum atomic E-state index is -3.79. The maximum atomic E-state index is 13.1. The lowest BCUT2D eigenvalue weighted by molar-refractivity contribution is 0.354. The fourth-order valence-electron chi connectivity index (χ4n) is 2.33. The van der Waals surface area contributed by atoms with Crippen molar-refractivity contribution in [2.75, 3.05) is 26.5 Å². The molecule has 7 nitrogen and oxygen atoms in total. The molecule has 0 bridgehead atoms. The SMILES string of the molecule is CCS(=O)(=O)NC[C@H](c1ccc(OC)c(OC)c1)S(=O)(=O)c1cccs1. The molecule has 1 aromatic carbocycles. The smallest absolute Gasteiger partial charge is 0.211 e. The topological polar surface area (TPSA) is 98.8 Å². The summed E-state index contributed by atoms with van der Waals surface area (Å²) in [6, 6.07) is 7.88. The highest BCUT2D eigenvalue weighted by Gasteiger charge is 2.31. The van der Waals surface area contributed by atoms with Crippen molar-refractivity contribution in [2.24, 2.45) is 0 Å². The number of benzene rings is 1. The highest BCUT2D eigenvalue weighted by molar-refractivity contribution is 7.93. The van der Waals surface area contributed by atoms with Gasteiger partial charge >= 0.3 is 0 Å². The minimum absolute atomic E-state index is 0.134. The predicted molar refractivity (Wildman–Crippen MR) is 101 cm³/mol. The molecule has 0 spiro atoms. The summed E-state index contributed by atoms with van der Waals surface area (Å²) >= 11 is 1.09. The quantitative estimate of drug-likeness (QED) is 0.669. The van der Waals surface area contributed by atoms with E-state index in [-0.39, 0.29) is 16.5 Å². The van der Waals surface area contributed by atoms with Crippen molar-refractivity contribution in [3.8, 4) is 11.5 Å². The van der Waals surface area contributed by atoms with Crippen molar-refractivity contribution in [3.63, 3.8) is 0 Å². The van der Waals surface area contributed by atoms with Gasteiger partial charge in [0.25, 0.3) is 0 Å². The third-order valence-electron chi connectivity index (χ3n) is 3.80. The van der Waals surface area contributed by atoms with Crippen LogP contribution < -0.4 is 14.2 Å². The van der Waals surface area contributed by atoms with Crippen LogP contribution in [0.5, 0.6) is 11.5 Å². The van der Waals surface area contributed by atoms with E-state index in [1.54, 1.807) is 29.6 Å². The van der Waals surface area contributed by atoms with Crippen molar-refractivity contribution in [3.05, 3.63) is 41.3 Å². The number of ether oxygens (including phenoxy) is 2. The van der Waals surface area contributed by atoms with Crippen LogP contribution in [0.1, 0.15) is 17.7 Å². The Labute approximate surface area is 157 Å². The van der Waals surface area contributed by atoms with Crippen LogP contribution in [0.3, 0.4) is 0 Å². The van der Waals surface area contributed by atoms with Crippen LogP contribution in [-0.4, -0.2) is 43.4 Å². The molecule has 0 aliphatic carbocycles. The first kappa shape index (κ1) is 20.7. The van der Waals surface area contributed by atoms with E-state index in [1.165, 1.54) is 27.2 Å². The van der Waals surface area contributed by atoms with Crippen LogP contribution in [0.15, 0.2) is 39.9 Å². The van der Waals surface area contributed by atoms with Gasteiger partial charge in [0.2, 0.25) is 10.0 Å². The number of nitrogens with one attached hydrogen (secondary N) is 1. The molecule has 0 saturated carbocycles. The summed E-state index contributed by atoms with van der Waals surface area (Å²) in [4.78, 5) is 0. The molecule has 0 fully saturated rings. The summed E-state index contributed by atoms with van der Waals surface area (Å²) in [5, 5.41) is 0.566. The van der Waals surface area contributed by atoms with E-state index < -0.39 is 25.1 Å². The van der Waals surface area contributed by atoms with Gasteiger partial charge in [0.1, 0.15) is 9.46 Å². The van der Waals surface area contributed by atoms with Crippen molar-refractivity contribution in [1.82, 2.24) is 4.72 Å². The Kier molecular flexibility index (Phi) is 6.67. The molecule has 1 heterocycles. The van der Waals surface area contributed by atoms with Crippen molar-refractivity contribution >= 4 is 31.2 Å². The molecule has 0 saturated heterocycles. The number of hydrogen-bond acceptors (Lipinski definition) is 7. The second-order valence-electron chi connectivity index (χ2n) is 5.33. The number of sulfonamides is 1. The summed E-state index contributed by atoms with van der Waals surface area (Å²) in [6.07, 6.45) is 0. The third kappa shape index (κ3) is 4.56. The minimum Gasteiger partial charge on any atom is -0.493 e. The van der Waals surface area contributed by atoms with Crippen LogP contribution in [0.2, 0.25) is 0 Å². The van der Waals surface area contributed by atoms with Crippen molar-refractivity contribution < 1.29 is 26.3 Å². The summed E-state index contributed by atoms with van der Waals surface area (Å²) in [6.45, 7) is 1.22. The lowest BCUT2D eigenvalue weighted by atomic mass is 10.1. The van der Waals surface area contributed by atoms with E-state index in [4.69, 9.17) is 9.47 Å². The number of thiophene rings is 1. The molecule has 0 amide bonds. The van der Waals surface area contributed by atoms with Gasteiger partial charge in [-0.05, 0) is 36.1 Å². The second-order valence-corrected chi connectivity index (χ2v) is 10.7. The molecule has 144 valence electrons. The van der Waals surface area contributed by atoms with Crippen LogP contribution >= 0.6 is 11.3 Å². The van der Waals surface area contributed by atoms with Crippen LogP contribution in [0.25, 0.3) is 0 Å². The van der Waals surface area contributed by atoms with Gasteiger partial charge < -0.3 is 9.47 Å². The molecular formula is C16H21NO6S3. The van der Waals surface area contributed by atoms with Gasteiger partial charge in [0.05, 0.1) is 20.0 Å². The normalized spacial score (nSPS) is 13.3. The van der Waals surface area contributed by atoms with Crippen LogP contribution in [-0.2, 0) is 19.9 Å². The number of methoxy groups -OCH3 is 2. The standard InChI is InChI=1S/C16H21NO6S3/c1-4-25(18,19)17-11-15(26(20,21)16-6-5-9-24-16)12-7-8-13(22-2)14(10-12)23-3/h5-10,15,17H,4,11H2,1-3H3/t15-/m1/s1. The zero-order chi connectivity index (χ0) is 19.4. The number of hydrogen-bond donors (Lipinski definition) is 1. The molecule has 0 aliphatic rings. The van der Waals surface area contributed by atoms with E-state index in [1.807, 2.05) is 0 Å². The fourth-order valence-corrected chi connectivity index (χ4v) is 5.92. The van der Waals surface area contributed by atoms with Crippen LogP contribution in [0.4, 0.5) is 0 Å². The van der Waals surface area contributed by atoms with Crippen molar-refractivity contribution in [1.29, 1.82) is 0 Å². The monoisotopic (exact) mass is 419 g/mol. The molecule has 1 atom stereocenters. The Morgan fingerprint density at radius 1 is 1.08 bits per heavy atom. The molecule has 1 N–H and O–H groups in total. The maximum absolute atomic E-state index is 13.1. The molecule has 2 aromatic rings. The van der Waals surface area contributed by atoms with Gasteiger partial charge in [0.15, 0.2) is 21.3 Å². The molecule has 2 rings (SSSR count). The zero-order valence-corrected chi connectivity index (χ0v) is 17.1. The maximum Gasteiger partial charge on any atom is 0.211 e. The van der Waals surface area contributed by atoms with Gasteiger partial charge in [-0.3, -0.25) is 0 Å². The Hall–Kier alpha value is -1.62.